The summed E-state index contributed by atoms with van der Waals surface area (Å²) in [7, 11) is 1.47. The summed E-state index contributed by atoms with van der Waals surface area (Å²) in [5, 5.41) is 10.8. The third-order valence-electron chi connectivity index (χ3n) is 4.76. The van der Waals surface area contributed by atoms with Crippen molar-refractivity contribution in [1.29, 1.82) is 5.26 Å². The van der Waals surface area contributed by atoms with E-state index in [0.29, 0.717) is 32.7 Å². The molecule has 0 aliphatic carbocycles. The molecular formula is C26H21Cl2NO4. The fourth-order valence-corrected chi connectivity index (χ4v) is 3.35. The second kappa shape index (κ2) is 10.9. The number of rotatable bonds is 7. The Morgan fingerprint density at radius 1 is 1.00 bits per heavy atom. The minimum atomic E-state index is -0.583. The van der Waals surface area contributed by atoms with E-state index in [1.54, 1.807) is 60.7 Å². The number of halogens is 2. The molecule has 0 saturated carbocycles. The number of nitrogens with zero attached hydrogens (tertiary/aromatic N) is 1. The van der Waals surface area contributed by atoms with Crippen molar-refractivity contribution in [1.82, 2.24) is 0 Å². The van der Waals surface area contributed by atoms with Crippen LogP contribution < -0.4 is 14.2 Å². The smallest absolute Gasteiger partial charge is 0.349 e. The van der Waals surface area contributed by atoms with Crippen molar-refractivity contribution >= 4 is 40.8 Å². The fourth-order valence-electron chi connectivity index (χ4n) is 3.12. The molecule has 0 aromatic heterocycles. The van der Waals surface area contributed by atoms with Crippen LogP contribution in [0.4, 0.5) is 0 Å². The molecule has 0 spiro atoms. The Morgan fingerprint density at radius 2 is 1.67 bits per heavy atom. The van der Waals surface area contributed by atoms with E-state index in [2.05, 4.69) is 6.07 Å². The average Bonchev–Trinajstić information content (AvgIpc) is 2.81. The van der Waals surface area contributed by atoms with Crippen molar-refractivity contribution in [3.8, 4) is 23.3 Å². The third kappa shape index (κ3) is 6.29. The Labute approximate surface area is 202 Å². The number of benzene rings is 3. The first-order valence-corrected chi connectivity index (χ1v) is 10.7. The molecule has 33 heavy (non-hydrogen) atoms. The number of aryl methyl sites for hydroxylation is 2. The van der Waals surface area contributed by atoms with Gasteiger partial charge < -0.3 is 14.2 Å². The second-order valence-electron chi connectivity index (χ2n) is 7.22. The van der Waals surface area contributed by atoms with Crippen LogP contribution in [-0.4, -0.2) is 19.7 Å². The zero-order valence-corrected chi connectivity index (χ0v) is 19.8. The summed E-state index contributed by atoms with van der Waals surface area (Å²) in [6.45, 7) is 3.46. The van der Waals surface area contributed by atoms with Gasteiger partial charge in [0.15, 0.2) is 18.1 Å². The molecule has 0 fully saturated rings. The minimum absolute atomic E-state index is 0.247. The molecule has 168 valence electrons. The van der Waals surface area contributed by atoms with Gasteiger partial charge in [-0.2, -0.15) is 5.26 Å². The number of allylic oxidation sites excluding steroid dienone is 1. The van der Waals surface area contributed by atoms with E-state index < -0.39 is 5.97 Å². The van der Waals surface area contributed by atoms with Gasteiger partial charge in [0.2, 0.25) is 0 Å². The summed E-state index contributed by atoms with van der Waals surface area (Å²) in [5.74, 6) is 0.547. The highest BCUT2D eigenvalue weighted by Gasteiger charge is 2.13. The number of hydrogen-bond acceptors (Lipinski definition) is 5. The van der Waals surface area contributed by atoms with Crippen LogP contribution in [0.25, 0.3) is 11.6 Å². The first-order valence-electron chi connectivity index (χ1n) is 9.96. The fraction of sp³-hybridized carbons (Fsp3) is 0.154. The quantitative estimate of drug-likeness (QED) is 0.163. The molecule has 0 bridgehead atoms. The highest BCUT2D eigenvalue weighted by Crippen LogP contribution is 2.30. The lowest BCUT2D eigenvalue weighted by Crippen LogP contribution is -2.18. The molecule has 0 atom stereocenters. The number of carbonyl (C=O) groups is 1. The predicted octanol–water partition coefficient (Wildman–Crippen LogP) is 6.67. The SMILES string of the molecule is COc1cc(/C=C(\C#N)c2ccc(Cl)cc2)ccc1OC(=O)COc1cc(C)c(Cl)c(C)c1. The number of carbonyl (C=O) groups excluding carboxylic acids is 1. The van der Waals surface area contributed by atoms with Gasteiger partial charge in [0.1, 0.15) is 5.75 Å². The standard InChI is InChI=1S/C26H21Cl2NO4/c1-16-10-22(11-17(2)26(16)28)32-15-25(30)33-23-9-4-18(13-24(23)31-3)12-20(14-29)19-5-7-21(27)8-6-19/h4-13H,15H2,1-3H3/b20-12+. The van der Waals surface area contributed by atoms with Crippen molar-refractivity contribution in [2.75, 3.05) is 13.7 Å². The van der Waals surface area contributed by atoms with E-state index >= 15 is 0 Å². The van der Waals surface area contributed by atoms with Gasteiger partial charge in [-0.3, -0.25) is 0 Å². The second-order valence-corrected chi connectivity index (χ2v) is 8.04. The molecule has 7 heteroatoms. The number of esters is 1. The molecule has 3 aromatic carbocycles. The van der Waals surface area contributed by atoms with Gasteiger partial charge in [-0.15, -0.1) is 0 Å². The van der Waals surface area contributed by atoms with Gasteiger partial charge in [0.05, 0.1) is 18.8 Å². The van der Waals surface area contributed by atoms with Crippen LogP contribution in [0.3, 0.4) is 0 Å². The summed E-state index contributed by atoms with van der Waals surface area (Å²) in [5.41, 5.74) is 3.63. The summed E-state index contributed by atoms with van der Waals surface area (Å²) < 4.78 is 16.3. The number of methoxy groups -OCH3 is 1. The topological polar surface area (TPSA) is 68.5 Å². The number of hydrogen-bond donors (Lipinski definition) is 0. The maximum absolute atomic E-state index is 12.3. The normalized spacial score (nSPS) is 11.0. The largest absolute Gasteiger partial charge is 0.493 e. The van der Waals surface area contributed by atoms with Gasteiger partial charge in [0, 0.05) is 10.0 Å². The van der Waals surface area contributed by atoms with Crippen LogP contribution in [0.1, 0.15) is 22.3 Å². The highest BCUT2D eigenvalue weighted by atomic mass is 35.5. The van der Waals surface area contributed by atoms with Crippen molar-refractivity contribution in [3.63, 3.8) is 0 Å². The van der Waals surface area contributed by atoms with Crippen LogP contribution in [0, 0.1) is 25.2 Å². The molecule has 3 aromatic rings. The van der Waals surface area contributed by atoms with E-state index in [9.17, 15) is 10.1 Å². The lowest BCUT2D eigenvalue weighted by atomic mass is 10.0. The molecule has 0 heterocycles. The summed E-state index contributed by atoms with van der Waals surface area (Å²) >= 11 is 12.1. The Bertz CT molecular complexity index is 1220. The Kier molecular flexibility index (Phi) is 8.00. The molecule has 3 rings (SSSR count). The molecular weight excluding hydrogens is 461 g/mol. The first kappa shape index (κ1) is 24.2. The van der Waals surface area contributed by atoms with E-state index in [4.69, 9.17) is 37.4 Å². The van der Waals surface area contributed by atoms with E-state index in [-0.39, 0.29) is 12.4 Å². The molecule has 0 aliphatic heterocycles. The van der Waals surface area contributed by atoms with Crippen LogP contribution >= 0.6 is 23.2 Å². The molecule has 0 radical (unpaired) electrons. The third-order valence-corrected chi connectivity index (χ3v) is 5.61. The van der Waals surface area contributed by atoms with Crippen molar-refractivity contribution < 1.29 is 19.0 Å². The van der Waals surface area contributed by atoms with Gasteiger partial charge in [-0.05, 0) is 78.6 Å². The molecule has 0 aliphatic rings. The molecule has 0 unspecified atom stereocenters. The van der Waals surface area contributed by atoms with Gasteiger partial charge in [0.25, 0.3) is 0 Å². The van der Waals surface area contributed by atoms with Crippen LogP contribution in [-0.2, 0) is 4.79 Å². The molecule has 5 nitrogen and oxygen atoms in total. The molecule has 0 N–H and O–H groups in total. The van der Waals surface area contributed by atoms with Gasteiger partial charge in [-0.25, -0.2) is 4.79 Å². The van der Waals surface area contributed by atoms with Crippen molar-refractivity contribution in [2.24, 2.45) is 0 Å². The van der Waals surface area contributed by atoms with E-state index in [0.717, 1.165) is 16.7 Å². The van der Waals surface area contributed by atoms with Crippen LogP contribution in [0.2, 0.25) is 10.0 Å². The van der Waals surface area contributed by atoms with Crippen molar-refractivity contribution in [3.05, 3.63) is 86.9 Å². The van der Waals surface area contributed by atoms with Gasteiger partial charge in [-0.1, -0.05) is 41.4 Å². The lowest BCUT2D eigenvalue weighted by Gasteiger charge is -2.12. The van der Waals surface area contributed by atoms with Crippen molar-refractivity contribution in [2.45, 2.75) is 13.8 Å². The summed E-state index contributed by atoms with van der Waals surface area (Å²) in [6, 6.07) is 17.7. The molecule has 0 amide bonds. The zero-order chi connectivity index (χ0) is 24.0. The summed E-state index contributed by atoms with van der Waals surface area (Å²) in [4.78, 5) is 12.3. The Hall–Kier alpha value is -3.46. The average molecular weight is 482 g/mol. The lowest BCUT2D eigenvalue weighted by molar-refractivity contribution is -0.136. The zero-order valence-electron chi connectivity index (χ0n) is 18.3. The predicted molar refractivity (Wildman–Crippen MR) is 130 cm³/mol. The Morgan fingerprint density at radius 3 is 2.27 bits per heavy atom. The van der Waals surface area contributed by atoms with E-state index in [1.807, 2.05) is 13.8 Å². The monoisotopic (exact) mass is 481 g/mol. The maximum Gasteiger partial charge on any atom is 0.349 e. The van der Waals surface area contributed by atoms with E-state index in [1.165, 1.54) is 7.11 Å². The highest BCUT2D eigenvalue weighted by molar-refractivity contribution is 6.32. The maximum atomic E-state index is 12.3. The number of ether oxygens (including phenoxy) is 3. The number of nitriles is 1. The van der Waals surface area contributed by atoms with Crippen LogP contribution in [0.15, 0.2) is 54.6 Å². The Balaban J connectivity index is 1.72. The first-order chi connectivity index (χ1) is 15.8. The summed E-state index contributed by atoms with van der Waals surface area (Å²) in [6.07, 6.45) is 1.71. The van der Waals surface area contributed by atoms with Gasteiger partial charge >= 0.3 is 5.97 Å². The van der Waals surface area contributed by atoms with Crippen LogP contribution in [0.5, 0.6) is 17.2 Å². The molecule has 0 saturated heterocycles. The minimum Gasteiger partial charge on any atom is -0.493 e.